The van der Waals surface area contributed by atoms with E-state index >= 15 is 0 Å². The van der Waals surface area contributed by atoms with Gasteiger partial charge in [0.2, 0.25) is 0 Å². The average molecular weight is 481 g/mol. The molecule has 0 radical (unpaired) electrons. The lowest BCUT2D eigenvalue weighted by Crippen LogP contribution is -2.02. The third-order valence-electron chi connectivity index (χ3n) is 4.50. The Morgan fingerprint density at radius 1 is 0.719 bits per heavy atom. The van der Waals surface area contributed by atoms with Gasteiger partial charge in [-0.15, -0.1) is 12.6 Å². The number of carbonyl (C=O) groups excluding carboxylic acids is 2. The van der Waals surface area contributed by atoms with E-state index in [1.165, 1.54) is 0 Å². The molecular weight excluding hydrogens is 463 g/mol. The first-order valence-corrected chi connectivity index (χ1v) is 10.7. The highest BCUT2D eigenvalue weighted by atomic mass is 35.5. The Balaban J connectivity index is 0.000000222. The lowest BCUT2D eigenvalue weighted by atomic mass is 9.94. The Hall–Kier alpha value is -3.05. The van der Waals surface area contributed by atoms with Gasteiger partial charge in [0.25, 0.3) is 0 Å². The summed E-state index contributed by atoms with van der Waals surface area (Å²) in [6, 6.07) is 30.0. The van der Waals surface area contributed by atoms with Gasteiger partial charge >= 0.3 is 12.4 Å². The molecule has 6 heteroatoms. The Labute approximate surface area is 202 Å². The first kappa shape index (κ1) is 23.6. The van der Waals surface area contributed by atoms with E-state index in [4.69, 9.17) is 23.2 Å². The van der Waals surface area contributed by atoms with Gasteiger partial charge in [0.15, 0.2) is 0 Å². The van der Waals surface area contributed by atoms with Crippen molar-refractivity contribution in [1.29, 1.82) is 0 Å². The molecule has 0 spiro atoms. The molecule has 160 valence electrons. The van der Waals surface area contributed by atoms with Crippen molar-refractivity contribution in [3.05, 3.63) is 113 Å². The van der Waals surface area contributed by atoms with Crippen LogP contribution in [0.1, 0.15) is 10.4 Å². The number of thiol groups is 1. The second-order valence-electron chi connectivity index (χ2n) is 6.58. The fourth-order valence-electron chi connectivity index (χ4n) is 3.02. The summed E-state index contributed by atoms with van der Waals surface area (Å²) in [5, 5.41) is 1.46. The van der Waals surface area contributed by atoms with Crippen LogP contribution in [0.15, 0.2) is 102 Å². The van der Waals surface area contributed by atoms with Crippen molar-refractivity contribution in [3.63, 3.8) is 0 Å². The van der Waals surface area contributed by atoms with Gasteiger partial charge in [-0.1, -0.05) is 77.8 Å². The average Bonchev–Trinajstić information content (AvgIpc) is 2.81. The van der Waals surface area contributed by atoms with Gasteiger partial charge in [-0.3, -0.25) is 4.79 Å². The zero-order valence-corrected chi connectivity index (χ0v) is 19.1. The SMILES string of the molecule is O=COC(=O)c1ccccc1.Sc1cccc(-c2ccc(Cl)cc2)c1-c1ccc(Cl)cc1. The predicted octanol–water partition coefficient (Wildman–Crippen LogP) is 7.62. The second-order valence-corrected chi connectivity index (χ2v) is 7.94. The van der Waals surface area contributed by atoms with Crippen LogP contribution in [0.25, 0.3) is 22.3 Å². The predicted molar refractivity (Wildman–Crippen MR) is 133 cm³/mol. The minimum absolute atomic E-state index is 0.120. The van der Waals surface area contributed by atoms with Gasteiger partial charge in [0.1, 0.15) is 0 Å². The fraction of sp³-hybridized carbons (Fsp3) is 0. The third-order valence-corrected chi connectivity index (χ3v) is 5.37. The summed E-state index contributed by atoms with van der Waals surface area (Å²) in [6.45, 7) is 0.120. The number of hydrogen-bond acceptors (Lipinski definition) is 4. The maximum Gasteiger partial charge on any atom is 0.345 e. The fourth-order valence-corrected chi connectivity index (χ4v) is 3.60. The van der Waals surface area contributed by atoms with Crippen LogP contribution in [0.3, 0.4) is 0 Å². The van der Waals surface area contributed by atoms with Gasteiger partial charge in [-0.25, -0.2) is 4.79 Å². The number of halogens is 2. The number of carbonyl (C=O) groups is 2. The van der Waals surface area contributed by atoms with Crippen molar-refractivity contribution < 1.29 is 14.3 Å². The van der Waals surface area contributed by atoms with Crippen molar-refractivity contribution >= 4 is 48.3 Å². The number of rotatable bonds is 4. The molecule has 0 atom stereocenters. The highest BCUT2D eigenvalue weighted by molar-refractivity contribution is 7.80. The molecule has 0 aliphatic carbocycles. The highest BCUT2D eigenvalue weighted by Gasteiger charge is 2.10. The van der Waals surface area contributed by atoms with Crippen molar-refractivity contribution in [1.82, 2.24) is 0 Å². The molecule has 0 bridgehead atoms. The van der Waals surface area contributed by atoms with E-state index in [0.29, 0.717) is 5.56 Å². The van der Waals surface area contributed by atoms with Crippen molar-refractivity contribution in [2.75, 3.05) is 0 Å². The van der Waals surface area contributed by atoms with Crippen molar-refractivity contribution in [2.45, 2.75) is 4.90 Å². The summed E-state index contributed by atoms with van der Waals surface area (Å²) < 4.78 is 4.11. The van der Waals surface area contributed by atoms with Gasteiger partial charge < -0.3 is 4.74 Å². The lowest BCUT2D eigenvalue weighted by Gasteiger charge is -2.13. The Morgan fingerprint density at radius 3 is 1.84 bits per heavy atom. The minimum atomic E-state index is -0.624. The van der Waals surface area contributed by atoms with Gasteiger partial charge in [0.05, 0.1) is 5.56 Å². The first-order chi connectivity index (χ1) is 15.5. The molecule has 0 unspecified atom stereocenters. The first-order valence-electron chi connectivity index (χ1n) is 9.53. The van der Waals surface area contributed by atoms with Gasteiger partial charge in [0, 0.05) is 20.5 Å². The number of esters is 1. The summed E-state index contributed by atoms with van der Waals surface area (Å²) in [5.41, 5.74) is 4.80. The van der Waals surface area contributed by atoms with E-state index in [1.807, 2.05) is 60.7 Å². The summed E-state index contributed by atoms with van der Waals surface area (Å²) in [5.74, 6) is -0.624. The number of benzene rings is 4. The number of ether oxygens (including phenoxy) is 1. The summed E-state index contributed by atoms with van der Waals surface area (Å²) >= 11 is 16.6. The molecule has 0 fully saturated rings. The van der Waals surface area contributed by atoms with E-state index in [1.54, 1.807) is 30.3 Å². The van der Waals surface area contributed by atoms with Crippen LogP contribution in [-0.4, -0.2) is 12.4 Å². The molecule has 0 amide bonds. The van der Waals surface area contributed by atoms with Gasteiger partial charge in [-0.05, 0) is 59.2 Å². The number of hydrogen-bond donors (Lipinski definition) is 1. The smallest absolute Gasteiger partial charge is 0.345 e. The molecule has 4 aromatic rings. The quantitative estimate of drug-likeness (QED) is 0.141. The maximum atomic E-state index is 10.8. The third kappa shape index (κ3) is 6.24. The molecule has 0 heterocycles. The second kappa shape index (κ2) is 11.5. The van der Waals surface area contributed by atoms with Crippen molar-refractivity contribution in [2.24, 2.45) is 0 Å². The van der Waals surface area contributed by atoms with Crippen LogP contribution < -0.4 is 0 Å². The van der Waals surface area contributed by atoms with Crippen LogP contribution >= 0.6 is 35.8 Å². The van der Waals surface area contributed by atoms with E-state index in [9.17, 15) is 9.59 Å². The zero-order valence-electron chi connectivity index (χ0n) is 16.7. The van der Waals surface area contributed by atoms with Crippen LogP contribution in [0.5, 0.6) is 0 Å². The van der Waals surface area contributed by atoms with Gasteiger partial charge in [-0.2, -0.15) is 0 Å². The van der Waals surface area contributed by atoms with E-state index in [0.717, 1.165) is 37.2 Å². The molecule has 3 nitrogen and oxygen atoms in total. The molecule has 0 aliphatic heterocycles. The molecule has 0 saturated heterocycles. The monoisotopic (exact) mass is 480 g/mol. The molecule has 0 saturated carbocycles. The van der Waals surface area contributed by atoms with Crippen LogP contribution in [0.4, 0.5) is 0 Å². The standard InChI is InChI=1S/C18H12Cl2S.C8H6O3/c19-14-8-4-12(5-9-14)16-2-1-3-17(21)18(16)13-6-10-15(20)11-7-13;9-6-11-8(10)7-4-2-1-3-5-7/h1-11,21H;1-6H. The van der Waals surface area contributed by atoms with Crippen LogP contribution in [-0.2, 0) is 9.53 Å². The van der Waals surface area contributed by atoms with E-state index in [2.05, 4.69) is 23.4 Å². The minimum Gasteiger partial charge on any atom is -0.392 e. The van der Waals surface area contributed by atoms with E-state index < -0.39 is 5.97 Å². The van der Waals surface area contributed by atoms with E-state index in [-0.39, 0.29) is 6.47 Å². The summed E-state index contributed by atoms with van der Waals surface area (Å²) in [6.07, 6.45) is 0. The molecule has 0 aliphatic rings. The lowest BCUT2D eigenvalue weighted by molar-refractivity contribution is -0.123. The maximum absolute atomic E-state index is 10.8. The van der Waals surface area contributed by atoms with Crippen LogP contribution in [0.2, 0.25) is 10.0 Å². The topological polar surface area (TPSA) is 43.4 Å². The highest BCUT2D eigenvalue weighted by Crippen LogP contribution is 2.37. The van der Waals surface area contributed by atoms with Crippen LogP contribution in [0, 0.1) is 0 Å². The molecule has 0 aromatic heterocycles. The summed E-state index contributed by atoms with van der Waals surface area (Å²) in [4.78, 5) is 21.5. The molecule has 4 aromatic carbocycles. The molecule has 0 N–H and O–H groups in total. The molecular formula is C26H18Cl2O3S. The molecule has 32 heavy (non-hydrogen) atoms. The molecule has 4 rings (SSSR count). The Kier molecular flexibility index (Phi) is 8.51. The van der Waals surface area contributed by atoms with Crippen molar-refractivity contribution in [3.8, 4) is 22.3 Å². The Bertz CT molecular complexity index is 1190. The largest absolute Gasteiger partial charge is 0.392 e. The zero-order chi connectivity index (χ0) is 22.9. The summed E-state index contributed by atoms with van der Waals surface area (Å²) in [7, 11) is 0. The normalized spacial score (nSPS) is 9.97. The Morgan fingerprint density at radius 2 is 1.28 bits per heavy atom.